The van der Waals surface area contributed by atoms with E-state index in [0.29, 0.717) is 23.0 Å². The summed E-state index contributed by atoms with van der Waals surface area (Å²) in [5.41, 5.74) is -0.629. The molecule has 0 N–H and O–H groups in total. The van der Waals surface area contributed by atoms with Gasteiger partial charge in [-0.1, -0.05) is 37.4 Å². The molecule has 9 aromatic carbocycles. The van der Waals surface area contributed by atoms with Gasteiger partial charge in [0.25, 0.3) is 23.6 Å². The van der Waals surface area contributed by atoms with Crippen LogP contribution in [0.5, 0.6) is 69.0 Å². The van der Waals surface area contributed by atoms with Crippen molar-refractivity contribution in [2.24, 2.45) is 0 Å². The predicted molar refractivity (Wildman–Crippen MR) is 377 cm³/mol. The lowest BCUT2D eigenvalue weighted by Gasteiger charge is -2.36. The Morgan fingerprint density at radius 2 is 0.615 bits per heavy atom. The number of carbonyl (C=O) groups is 8. The van der Waals surface area contributed by atoms with Crippen molar-refractivity contribution in [2.75, 3.05) is 95.5 Å². The lowest BCUT2D eigenvalue weighted by molar-refractivity contribution is -0.152. The smallest absolute Gasteiger partial charge is 0.330 e. The number of benzene rings is 9. The molecule has 104 heavy (non-hydrogen) atoms. The zero-order chi connectivity index (χ0) is 73.9. The van der Waals surface area contributed by atoms with Crippen LogP contribution in [0.15, 0.2) is 147 Å². The van der Waals surface area contributed by atoms with Crippen molar-refractivity contribution in [1.29, 1.82) is 0 Å². The average molecular weight is 1420 g/mol. The molecule has 0 aromatic heterocycles. The van der Waals surface area contributed by atoms with Crippen LogP contribution in [-0.2, 0) is 57.1 Å². The van der Waals surface area contributed by atoms with Gasteiger partial charge in [-0.25, -0.2) is 19.2 Å². The maximum Gasteiger partial charge on any atom is 0.330 e. The number of carbonyl (C=O) groups excluding carboxylic acids is 8. The molecule has 0 saturated carbocycles. The highest BCUT2D eigenvalue weighted by Gasteiger charge is 2.47. The molecule has 11 rings (SSSR count). The number of methoxy groups -OCH3 is 6. The van der Waals surface area contributed by atoms with Crippen LogP contribution in [0.25, 0.3) is 43.1 Å². The van der Waals surface area contributed by atoms with Crippen LogP contribution in [0.3, 0.4) is 0 Å². The van der Waals surface area contributed by atoms with Gasteiger partial charge >= 0.3 is 23.9 Å². The summed E-state index contributed by atoms with van der Waals surface area (Å²) in [5.74, 6) is -5.37. The fourth-order valence-corrected chi connectivity index (χ4v) is 12.4. The van der Waals surface area contributed by atoms with Gasteiger partial charge in [0.1, 0.15) is 108 Å². The van der Waals surface area contributed by atoms with Crippen molar-refractivity contribution >= 4 is 90.6 Å². The van der Waals surface area contributed by atoms with Gasteiger partial charge in [-0.15, -0.1) is 0 Å². The third-order valence-corrected chi connectivity index (χ3v) is 17.3. The Morgan fingerprint density at radius 1 is 0.356 bits per heavy atom. The molecule has 2 heterocycles. The summed E-state index contributed by atoms with van der Waals surface area (Å²) in [6.07, 6.45) is -0.0315. The Morgan fingerprint density at radius 3 is 0.865 bits per heavy atom. The minimum Gasteiger partial charge on any atom is -0.497 e. The topological polar surface area (TPSA) is 291 Å². The molecule has 0 saturated heterocycles. The number of imide groups is 2. The van der Waals surface area contributed by atoms with E-state index in [9.17, 15) is 19.2 Å². The van der Waals surface area contributed by atoms with E-state index in [0.717, 1.165) is 22.0 Å². The number of amides is 4. The van der Waals surface area contributed by atoms with Crippen molar-refractivity contribution in [3.63, 3.8) is 0 Å². The predicted octanol–water partition coefficient (Wildman–Crippen LogP) is 12.3. The SMILES string of the molecule is C=CC(=O)OCCOCCOC(=O)C(CC(C)OC)N1C(=O)c2cc(Oc3cccc(OC)c3)c3c4c(Oc5cccc(OC)c5)cc5c6c(cc(Oc7cccc(OC)c7)c(c7c(Oc8cccc(OC)c8)cc(c2c37)C1=O)c64)C(=O)N(C(CC(C)OC)C(=O)OCCOCCOC(=O)C=C)C5=O. The average Bonchev–Trinajstić information content (AvgIpc) is 0.671. The Balaban J connectivity index is 1.24. The van der Waals surface area contributed by atoms with E-state index in [2.05, 4.69) is 13.2 Å². The molecule has 4 unspecified atom stereocenters. The zero-order valence-corrected chi connectivity index (χ0v) is 58.2. The highest BCUT2D eigenvalue weighted by molar-refractivity contribution is 6.45. The number of rotatable bonds is 36. The molecule has 4 amide bonds. The third-order valence-electron chi connectivity index (χ3n) is 17.3. The van der Waals surface area contributed by atoms with E-state index >= 15 is 19.2 Å². The molecule has 0 spiro atoms. The first-order valence-electron chi connectivity index (χ1n) is 32.9. The van der Waals surface area contributed by atoms with Crippen molar-refractivity contribution in [3.8, 4) is 69.0 Å². The molecular formula is C78H74N2O24. The Kier molecular flexibility index (Phi) is 23.2. The van der Waals surface area contributed by atoms with Crippen LogP contribution >= 0.6 is 0 Å². The molecule has 4 atom stereocenters. The Bertz CT molecular complexity index is 4290. The van der Waals surface area contributed by atoms with Crippen LogP contribution in [0.4, 0.5) is 0 Å². The Labute approximate surface area is 596 Å². The fourth-order valence-electron chi connectivity index (χ4n) is 12.4. The van der Waals surface area contributed by atoms with Gasteiger partial charge in [-0.3, -0.25) is 29.0 Å². The number of ether oxygens (including phenoxy) is 16. The second-order valence-electron chi connectivity index (χ2n) is 23.7. The number of hydrogen-bond acceptors (Lipinski definition) is 24. The summed E-state index contributed by atoms with van der Waals surface area (Å²) in [5, 5.41) is 0.781. The first kappa shape index (κ1) is 73.4. The molecule has 26 heteroatoms. The normalized spacial score (nSPS) is 13.7. The minimum atomic E-state index is -1.66. The second-order valence-corrected chi connectivity index (χ2v) is 23.7. The van der Waals surface area contributed by atoms with Gasteiger partial charge in [0, 0.05) is 107 Å². The first-order chi connectivity index (χ1) is 50.4. The summed E-state index contributed by atoms with van der Waals surface area (Å²) in [6, 6.07) is 28.8. The lowest BCUT2D eigenvalue weighted by Crippen LogP contribution is -2.52. The van der Waals surface area contributed by atoms with Gasteiger partial charge in [0.05, 0.1) is 89.3 Å². The third kappa shape index (κ3) is 15.3. The van der Waals surface area contributed by atoms with E-state index in [1.165, 1.54) is 66.9 Å². The maximum atomic E-state index is 16.2. The minimum absolute atomic E-state index is 0.0295. The summed E-state index contributed by atoms with van der Waals surface area (Å²) in [4.78, 5) is 119. The fraction of sp³-hybridized carbons (Fsp3) is 0.282. The largest absolute Gasteiger partial charge is 0.497 e. The van der Waals surface area contributed by atoms with Crippen molar-refractivity contribution < 1.29 is 114 Å². The van der Waals surface area contributed by atoms with Gasteiger partial charge in [-0.05, 0) is 86.6 Å². The van der Waals surface area contributed by atoms with Gasteiger partial charge in [0.15, 0.2) is 0 Å². The maximum absolute atomic E-state index is 16.2. The second kappa shape index (κ2) is 32.9. The molecule has 0 fully saturated rings. The standard InChI is InChI=1S/C78H74N2O24/c1-11-63(81)97-29-25-95-27-31-99-77(87)57(33-43(3)89-5)79-73(83)53-39-59(101-49-21-13-17-45(35-49)91-7)67-69-61(103-51-23-15-19-47(37-51)93-9)41-55-66-56(76(86)80(75(55)85)58(34-44(4)90-6)78(88)100-32-28-96-26-30-98-64(82)12-2)42-62(104-52-24-16-20-48(38-52)94-10)70(72(66)69)68-60(40-54(74(79)84)65(53)71(67)68)102-50-22-14-18-46(36-50)92-8/h11-24,35-44,57-58H,1-2,25-34H2,3-10H3. The van der Waals surface area contributed by atoms with Crippen molar-refractivity contribution in [3.05, 3.63) is 169 Å². The monoisotopic (exact) mass is 1420 g/mol. The first-order valence-corrected chi connectivity index (χ1v) is 32.9. The number of esters is 4. The van der Waals surface area contributed by atoms with E-state index in [-0.39, 0.29) is 177 Å². The van der Waals surface area contributed by atoms with Crippen molar-refractivity contribution in [1.82, 2.24) is 9.80 Å². The molecule has 0 radical (unpaired) electrons. The van der Waals surface area contributed by atoms with Crippen LogP contribution in [0, 0.1) is 0 Å². The van der Waals surface area contributed by atoms with Crippen molar-refractivity contribution in [2.45, 2.75) is 51.0 Å². The van der Waals surface area contributed by atoms with Crippen LogP contribution in [0.2, 0.25) is 0 Å². The lowest BCUT2D eigenvalue weighted by atomic mass is 9.80. The van der Waals surface area contributed by atoms with E-state index in [1.54, 1.807) is 111 Å². The Hall–Kier alpha value is -11.8. The molecule has 0 aliphatic carbocycles. The highest BCUT2D eigenvalue weighted by atomic mass is 16.6. The van der Waals surface area contributed by atoms with Gasteiger partial charge in [0.2, 0.25) is 0 Å². The van der Waals surface area contributed by atoms with Crippen LogP contribution in [-0.4, -0.2) is 177 Å². The summed E-state index contributed by atoms with van der Waals surface area (Å²) >= 11 is 0. The molecular weight excluding hydrogens is 1350 g/mol. The van der Waals surface area contributed by atoms with Gasteiger partial charge < -0.3 is 75.8 Å². The zero-order valence-electron chi connectivity index (χ0n) is 58.2. The van der Waals surface area contributed by atoms with Gasteiger partial charge in [-0.2, -0.15) is 0 Å². The summed E-state index contributed by atoms with van der Waals surface area (Å²) in [6.45, 7) is 8.70. The van der Waals surface area contributed by atoms with Crippen LogP contribution < -0.4 is 37.9 Å². The number of fused-ring (bicyclic) bond motifs is 2. The molecule has 0 bridgehead atoms. The molecule has 2 aliphatic heterocycles. The quantitative estimate of drug-likeness (QED) is 0.00670. The van der Waals surface area contributed by atoms with E-state index in [1.807, 2.05) is 0 Å². The van der Waals surface area contributed by atoms with E-state index in [4.69, 9.17) is 75.8 Å². The molecule has 540 valence electrons. The van der Waals surface area contributed by atoms with E-state index < -0.39 is 71.8 Å². The highest BCUT2D eigenvalue weighted by Crippen LogP contribution is 2.58. The summed E-state index contributed by atoms with van der Waals surface area (Å²) < 4.78 is 95.3. The molecule has 9 aromatic rings. The van der Waals surface area contributed by atoms with Crippen LogP contribution in [0.1, 0.15) is 68.1 Å². The number of nitrogens with zero attached hydrogens (tertiary/aromatic N) is 2. The molecule has 26 nitrogen and oxygen atoms in total. The number of hydrogen-bond donors (Lipinski definition) is 0. The molecule has 2 aliphatic rings. The summed E-state index contributed by atoms with van der Waals surface area (Å²) in [7, 11) is 8.69.